The number of hydrogen-bond acceptors (Lipinski definition) is 3. The number of halogens is 1. The summed E-state index contributed by atoms with van der Waals surface area (Å²) in [5.74, 6) is 0.0133. The molecule has 3 aromatic carbocycles. The van der Waals surface area contributed by atoms with Gasteiger partial charge in [0.25, 0.3) is 0 Å². The van der Waals surface area contributed by atoms with E-state index < -0.39 is 12.2 Å². The van der Waals surface area contributed by atoms with Crippen LogP contribution in [0.2, 0.25) is 5.02 Å². The standard InChI is InChI=1S/C23H20ClNO3/c24-16-11-9-15(10-12-16)22(26)13-25-23(27)28-14-21-19-7-3-1-5-17(19)18-6-2-4-8-20(18)21/h1-12,21-22,26H,13-14H2,(H,25,27)/t22-/m1/s1. The fraction of sp³-hybridized carbons (Fsp3) is 0.174. The third-order valence-corrected chi connectivity index (χ3v) is 5.29. The molecule has 0 saturated carbocycles. The number of hydrogen-bond donors (Lipinski definition) is 2. The molecule has 1 atom stereocenters. The average Bonchev–Trinajstić information content (AvgIpc) is 3.05. The van der Waals surface area contributed by atoms with E-state index in [-0.39, 0.29) is 19.1 Å². The highest BCUT2D eigenvalue weighted by molar-refractivity contribution is 6.30. The first-order chi connectivity index (χ1) is 13.6. The molecule has 0 aromatic heterocycles. The number of aliphatic hydroxyl groups is 1. The SMILES string of the molecule is O=C(NC[C@@H](O)c1ccc(Cl)cc1)OCC1c2ccccc2-c2ccccc21. The molecular formula is C23H20ClNO3. The number of rotatable bonds is 5. The summed E-state index contributed by atoms with van der Waals surface area (Å²) in [6.07, 6.45) is -1.37. The largest absolute Gasteiger partial charge is 0.449 e. The maximum atomic E-state index is 12.1. The van der Waals surface area contributed by atoms with Crippen molar-refractivity contribution in [2.75, 3.05) is 13.2 Å². The van der Waals surface area contributed by atoms with Crippen LogP contribution < -0.4 is 5.32 Å². The van der Waals surface area contributed by atoms with E-state index in [1.807, 2.05) is 24.3 Å². The summed E-state index contributed by atoms with van der Waals surface area (Å²) >= 11 is 5.85. The van der Waals surface area contributed by atoms with Crippen LogP contribution in [0.3, 0.4) is 0 Å². The fourth-order valence-corrected chi connectivity index (χ4v) is 3.76. The second-order valence-electron chi connectivity index (χ2n) is 6.77. The van der Waals surface area contributed by atoms with Crippen molar-refractivity contribution >= 4 is 17.7 Å². The highest BCUT2D eigenvalue weighted by Gasteiger charge is 2.29. The summed E-state index contributed by atoms with van der Waals surface area (Å²) in [5, 5.41) is 13.4. The van der Waals surface area contributed by atoms with Gasteiger partial charge in [0.2, 0.25) is 0 Å². The molecule has 0 saturated heterocycles. The molecule has 1 aliphatic carbocycles. The Hall–Kier alpha value is -2.82. The normalized spacial score (nSPS) is 13.5. The van der Waals surface area contributed by atoms with Crippen molar-refractivity contribution in [2.24, 2.45) is 0 Å². The van der Waals surface area contributed by atoms with Crippen molar-refractivity contribution in [1.82, 2.24) is 5.32 Å². The molecule has 5 heteroatoms. The van der Waals surface area contributed by atoms with Crippen molar-refractivity contribution in [2.45, 2.75) is 12.0 Å². The Labute approximate surface area is 168 Å². The number of alkyl carbamates (subject to hydrolysis) is 1. The molecule has 4 rings (SSSR count). The van der Waals surface area contributed by atoms with E-state index in [0.29, 0.717) is 10.6 Å². The summed E-state index contributed by atoms with van der Waals surface area (Å²) in [6, 6.07) is 23.2. The minimum absolute atomic E-state index is 0.0133. The molecule has 142 valence electrons. The van der Waals surface area contributed by atoms with E-state index >= 15 is 0 Å². The number of carbonyl (C=O) groups excluding carboxylic acids is 1. The lowest BCUT2D eigenvalue weighted by molar-refractivity contribution is 0.128. The highest BCUT2D eigenvalue weighted by atomic mass is 35.5. The molecule has 1 aliphatic rings. The van der Waals surface area contributed by atoms with Gasteiger partial charge in [0.05, 0.1) is 12.6 Å². The average molecular weight is 394 g/mol. The van der Waals surface area contributed by atoms with E-state index in [4.69, 9.17) is 16.3 Å². The van der Waals surface area contributed by atoms with Gasteiger partial charge in [-0.15, -0.1) is 0 Å². The molecule has 0 fully saturated rings. The van der Waals surface area contributed by atoms with Gasteiger partial charge in [-0.25, -0.2) is 4.79 Å². The minimum Gasteiger partial charge on any atom is -0.449 e. The molecule has 0 unspecified atom stereocenters. The first kappa shape index (κ1) is 18.5. The quantitative estimate of drug-likeness (QED) is 0.647. The van der Waals surface area contributed by atoms with Gasteiger partial charge < -0.3 is 15.2 Å². The number of fused-ring (bicyclic) bond motifs is 3. The Kier molecular flexibility index (Phi) is 5.33. The molecule has 4 nitrogen and oxygen atoms in total. The molecule has 0 aliphatic heterocycles. The van der Waals surface area contributed by atoms with Gasteiger partial charge in [-0.2, -0.15) is 0 Å². The van der Waals surface area contributed by atoms with E-state index in [0.717, 1.165) is 11.1 Å². The molecule has 2 N–H and O–H groups in total. The summed E-state index contributed by atoms with van der Waals surface area (Å²) in [4.78, 5) is 12.1. The molecule has 1 amide bonds. The van der Waals surface area contributed by atoms with Crippen LogP contribution in [0.25, 0.3) is 11.1 Å². The van der Waals surface area contributed by atoms with Gasteiger partial charge in [0.1, 0.15) is 6.61 Å². The maximum absolute atomic E-state index is 12.1. The lowest BCUT2D eigenvalue weighted by Crippen LogP contribution is -2.30. The van der Waals surface area contributed by atoms with Crippen LogP contribution in [0.5, 0.6) is 0 Å². The topological polar surface area (TPSA) is 58.6 Å². The number of ether oxygens (including phenoxy) is 1. The van der Waals surface area contributed by atoms with Crippen molar-refractivity contribution < 1.29 is 14.6 Å². The number of amides is 1. The molecule has 3 aromatic rings. The Morgan fingerprint density at radius 3 is 2.14 bits per heavy atom. The highest BCUT2D eigenvalue weighted by Crippen LogP contribution is 2.44. The Bertz CT molecular complexity index is 942. The van der Waals surface area contributed by atoms with Gasteiger partial charge >= 0.3 is 6.09 Å². The number of aliphatic hydroxyl groups excluding tert-OH is 1. The van der Waals surface area contributed by atoms with Crippen LogP contribution >= 0.6 is 11.6 Å². The molecular weight excluding hydrogens is 374 g/mol. The van der Waals surface area contributed by atoms with Crippen molar-refractivity contribution in [3.63, 3.8) is 0 Å². The van der Waals surface area contributed by atoms with Crippen LogP contribution in [-0.2, 0) is 4.74 Å². The number of carbonyl (C=O) groups is 1. The Morgan fingerprint density at radius 1 is 0.964 bits per heavy atom. The fourth-order valence-electron chi connectivity index (χ4n) is 3.63. The van der Waals surface area contributed by atoms with Gasteiger partial charge in [0, 0.05) is 10.9 Å². The van der Waals surface area contributed by atoms with Gasteiger partial charge in [-0.3, -0.25) is 0 Å². The second-order valence-corrected chi connectivity index (χ2v) is 7.21. The first-order valence-corrected chi connectivity index (χ1v) is 9.53. The number of benzene rings is 3. The van der Waals surface area contributed by atoms with Crippen LogP contribution in [0.1, 0.15) is 28.7 Å². The smallest absolute Gasteiger partial charge is 0.407 e. The van der Waals surface area contributed by atoms with Crippen LogP contribution in [0.4, 0.5) is 4.79 Å². The Morgan fingerprint density at radius 2 is 1.54 bits per heavy atom. The summed E-state index contributed by atoms with van der Waals surface area (Å²) in [5.41, 5.74) is 5.38. The third-order valence-electron chi connectivity index (χ3n) is 5.04. The third kappa shape index (κ3) is 3.75. The van der Waals surface area contributed by atoms with E-state index in [2.05, 4.69) is 29.6 Å². The van der Waals surface area contributed by atoms with Gasteiger partial charge in [-0.05, 0) is 39.9 Å². The van der Waals surface area contributed by atoms with Crippen LogP contribution in [0.15, 0.2) is 72.8 Å². The van der Waals surface area contributed by atoms with E-state index in [1.165, 1.54) is 11.1 Å². The predicted octanol–water partition coefficient (Wildman–Crippen LogP) is 4.91. The summed E-state index contributed by atoms with van der Waals surface area (Å²) < 4.78 is 5.46. The minimum atomic E-state index is -0.822. The van der Waals surface area contributed by atoms with Gasteiger partial charge in [0.15, 0.2) is 0 Å². The number of nitrogens with one attached hydrogen (secondary N) is 1. The lowest BCUT2D eigenvalue weighted by Gasteiger charge is -2.16. The summed E-state index contributed by atoms with van der Waals surface area (Å²) in [6.45, 7) is 0.315. The molecule has 0 heterocycles. The first-order valence-electron chi connectivity index (χ1n) is 9.16. The second kappa shape index (κ2) is 8.05. The lowest BCUT2D eigenvalue weighted by atomic mass is 9.98. The predicted molar refractivity (Wildman–Crippen MR) is 109 cm³/mol. The molecule has 0 radical (unpaired) electrons. The zero-order valence-electron chi connectivity index (χ0n) is 15.1. The van der Waals surface area contributed by atoms with Crippen molar-refractivity contribution in [3.8, 4) is 11.1 Å². The molecule has 28 heavy (non-hydrogen) atoms. The van der Waals surface area contributed by atoms with Gasteiger partial charge in [-0.1, -0.05) is 72.3 Å². The van der Waals surface area contributed by atoms with Crippen LogP contribution in [0, 0.1) is 0 Å². The Balaban J connectivity index is 1.37. The molecule has 0 bridgehead atoms. The molecule has 0 spiro atoms. The van der Waals surface area contributed by atoms with Crippen LogP contribution in [-0.4, -0.2) is 24.4 Å². The summed E-state index contributed by atoms with van der Waals surface area (Å²) in [7, 11) is 0. The van der Waals surface area contributed by atoms with E-state index in [1.54, 1.807) is 24.3 Å². The van der Waals surface area contributed by atoms with Crippen molar-refractivity contribution in [3.05, 3.63) is 94.5 Å². The zero-order chi connectivity index (χ0) is 19.5. The maximum Gasteiger partial charge on any atom is 0.407 e. The van der Waals surface area contributed by atoms with E-state index in [9.17, 15) is 9.90 Å². The zero-order valence-corrected chi connectivity index (χ0v) is 15.9. The monoisotopic (exact) mass is 393 g/mol. The van der Waals surface area contributed by atoms with Crippen molar-refractivity contribution in [1.29, 1.82) is 0 Å².